The Bertz CT molecular complexity index is 664. The van der Waals surface area contributed by atoms with Crippen molar-refractivity contribution in [3.63, 3.8) is 0 Å². The average Bonchev–Trinajstić information content (AvgIpc) is 2.92. The molecule has 104 valence electrons. The maximum atomic E-state index is 13.0. The van der Waals surface area contributed by atoms with Gasteiger partial charge in [-0.25, -0.2) is 9.18 Å². The van der Waals surface area contributed by atoms with Crippen LogP contribution in [0.15, 0.2) is 24.3 Å². The minimum atomic E-state index is -1.37. The highest BCUT2D eigenvalue weighted by atomic mass is 19.1. The summed E-state index contributed by atoms with van der Waals surface area (Å²) in [5.41, 5.74) is 1.86. The highest BCUT2D eigenvalue weighted by molar-refractivity contribution is 5.73. The monoisotopic (exact) mass is 276 g/mol. The van der Waals surface area contributed by atoms with Crippen LogP contribution >= 0.6 is 0 Å². The van der Waals surface area contributed by atoms with Gasteiger partial charge in [-0.1, -0.05) is 6.92 Å². The van der Waals surface area contributed by atoms with E-state index in [2.05, 4.69) is 5.10 Å². The molecule has 5 nitrogen and oxygen atoms in total. The fourth-order valence-corrected chi connectivity index (χ4v) is 2.54. The van der Waals surface area contributed by atoms with Crippen LogP contribution in [0.2, 0.25) is 0 Å². The number of benzene rings is 1. The molecule has 1 aliphatic heterocycles. The van der Waals surface area contributed by atoms with E-state index in [0.717, 1.165) is 18.7 Å². The van der Waals surface area contributed by atoms with Crippen LogP contribution in [0.5, 0.6) is 5.75 Å². The predicted molar refractivity (Wildman–Crippen MR) is 69.3 cm³/mol. The largest absolute Gasteiger partial charge is 0.511 e. The number of nitrogens with zero attached hydrogens (tertiary/aromatic N) is 2. The lowest BCUT2D eigenvalue weighted by molar-refractivity contribution is 0.144. The van der Waals surface area contributed by atoms with Gasteiger partial charge in [0.05, 0.1) is 5.69 Å². The zero-order chi connectivity index (χ0) is 14.3. The van der Waals surface area contributed by atoms with Crippen LogP contribution in [0.25, 0.3) is 11.3 Å². The van der Waals surface area contributed by atoms with E-state index in [1.807, 2.05) is 6.92 Å². The summed E-state index contributed by atoms with van der Waals surface area (Å²) in [6, 6.07) is 5.75. The van der Waals surface area contributed by atoms with Crippen molar-refractivity contribution in [2.75, 3.05) is 0 Å². The first-order chi connectivity index (χ1) is 9.56. The lowest BCUT2D eigenvalue weighted by atomic mass is 10.0. The van der Waals surface area contributed by atoms with Crippen LogP contribution in [0.4, 0.5) is 9.18 Å². The molecule has 1 atom stereocenters. The maximum absolute atomic E-state index is 13.0. The van der Waals surface area contributed by atoms with Crippen LogP contribution < -0.4 is 4.74 Å². The Morgan fingerprint density at radius 2 is 2.15 bits per heavy atom. The first kappa shape index (κ1) is 12.7. The molecule has 3 rings (SSSR count). The van der Waals surface area contributed by atoms with Gasteiger partial charge in [-0.2, -0.15) is 5.10 Å². The van der Waals surface area contributed by atoms with E-state index in [0.29, 0.717) is 11.3 Å². The number of aryl methyl sites for hydroxylation is 1. The number of carbonyl (C=O) groups is 1. The Morgan fingerprint density at radius 3 is 2.80 bits per heavy atom. The van der Waals surface area contributed by atoms with Crippen molar-refractivity contribution < 1.29 is 19.0 Å². The third kappa shape index (κ3) is 2.03. The minimum absolute atomic E-state index is 0.186. The van der Waals surface area contributed by atoms with E-state index in [1.54, 1.807) is 16.8 Å². The van der Waals surface area contributed by atoms with E-state index < -0.39 is 6.16 Å². The van der Waals surface area contributed by atoms with Gasteiger partial charge in [0.25, 0.3) is 0 Å². The molecule has 0 spiro atoms. The normalized spacial score (nSPS) is 17.0. The van der Waals surface area contributed by atoms with Crippen molar-refractivity contribution in [3.05, 3.63) is 35.8 Å². The van der Waals surface area contributed by atoms with Crippen LogP contribution in [-0.4, -0.2) is 21.0 Å². The van der Waals surface area contributed by atoms with Crippen molar-refractivity contribution in [2.24, 2.45) is 0 Å². The van der Waals surface area contributed by atoms with E-state index >= 15 is 0 Å². The topological polar surface area (TPSA) is 64.4 Å². The zero-order valence-corrected chi connectivity index (χ0v) is 10.8. The Labute approximate surface area is 114 Å². The molecule has 0 aliphatic carbocycles. The van der Waals surface area contributed by atoms with E-state index in [4.69, 9.17) is 9.84 Å². The van der Waals surface area contributed by atoms with Crippen LogP contribution in [0, 0.1) is 5.82 Å². The molecule has 0 fully saturated rings. The highest BCUT2D eigenvalue weighted by Gasteiger charge is 2.30. The van der Waals surface area contributed by atoms with E-state index in [1.165, 1.54) is 12.1 Å². The molecule has 1 N–H and O–H groups in total. The molecule has 0 saturated heterocycles. The van der Waals surface area contributed by atoms with Crippen molar-refractivity contribution in [1.82, 2.24) is 9.78 Å². The van der Waals surface area contributed by atoms with Gasteiger partial charge in [-0.3, -0.25) is 4.68 Å². The fraction of sp³-hybridized carbons (Fsp3) is 0.286. The third-order valence-corrected chi connectivity index (χ3v) is 3.49. The van der Waals surface area contributed by atoms with Crippen molar-refractivity contribution in [3.8, 4) is 17.0 Å². The first-order valence-electron chi connectivity index (χ1n) is 6.33. The zero-order valence-electron chi connectivity index (χ0n) is 10.8. The maximum Gasteiger partial charge on any atom is 0.511 e. The summed E-state index contributed by atoms with van der Waals surface area (Å²) in [7, 11) is 0. The average molecular weight is 276 g/mol. The summed E-state index contributed by atoms with van der Waals surface area (Å²) >= 11 is 0. The second-order valence-electron chi connectivity index (χ2n) is 4.85. The summed E-state index contributed by atoms with van der Waals surface area (Å²) < 4.78 is 19.7. The molecule has 6 heteroatoms. The van der Waals surface area contributed by atoms with E-state index in [-0.39, 0.29) is 17.5 Å². The van der Waals surface area contributed by atoms with Gasteiger partial charge in [0.15, 0.2) is 5.75 Å². The lowest BCUT2D eigenvalue weighted by Crippen LogP contribution is -2.05. The number of hydrogen-bond acceptors (Lipinski definition) is 3. The standard InChI is InChI=1S/C14H13FN2O3/c1-8-6-7-17-12(8)13(20-14(18)19)11(16-17)9-2-4-10(15)5-3-9/h2-5,8H,6-7H2,1H3,(H,18,19). The molecule has 1 aromatic heterocycles. The molecule has 2 aromatic rings. The first-order valence-corrected chi connectivity index (χ1v) is 6.33. The summed E-state index contributed by atoms with van der Waals surface area (Å²) in [6.07, 6.45) is -0.467. The molecule has 1 unspecified atom stereocenters. The van der Waals surface area contributed by atoms with Gasteiger partial charge < -0.3 is 9.84 Å². The Kier molecular flexibility index (Phi) is 2.93. The molecule has 0 saturated carbocycles. The molecule has 0 bridgehead atoms. The quantitative estimate of drug-likeness (QED) is 0.855. The van der Waals surface area contributed by atoms with Crippen molar-refractivity contribution in [2.45, 2.75) is 25.8 Å². The molecule has 1 aliphatic rings. The number of rotatable bonds is 2. The molecule has 2 heterocycles. The molecular weight excluding hydrogens is 263 g/mol. The molecular formula is C14H13FN2O3. The second-order valence-corrected chi connectivity index (χ2v) is 4.85. The molecule has 1 aromatic carbocycles. The van der Waals surface area contributed by atoms with Crippen LogP contribution in [0.1, 0.15) is 25.0 Å². The van der Waals surface area contributed by atoms with Crippen molar-refractivity contribution in [1.29, 1.82) is 0 Å². The lowest BCUT2D eigenvalue weighted by Gasteiger charge is -2.06. The number of hydrogen-bond donors (Lipinski definition) is 1. The number of aromatic nitrogens is 2. The van der Waals surface area contributed by atoms with Gasteiger partial charge in [0, 0.05) is 18.0 Å². The van der Waals surface area contributed by atoms with Gasteiger partial charge in [-0.15, -0.1) is 0 Å². The molecule has 0 amide bonds. The summed E-state index contributed by atoms with van der Waals surface area (Å²) in [5.74, 6) is 0.0923. The number of halogens is 1. The van der Waals surface area contributed by atoms with Crippen LogP contribution in [-0.2, 0) is 6.54 Å². The highest BCUT2D eigenvalue weighted by Crippen LogP contribution is 2.41. The molecule has 0 radical (unpaired) electrons. The second kappa shape index (κ2) is 4.63. The summed E-state index contributed by atoms with van der Waals surface area (Å²) in [6.45, 7) is 2.73. The smallest absolute Gasteiger partial charge is 0.449 e. The number of fused-ring (bicyclic) bond motifs is 1. The van der Waals surface area contributed by atoms with Gasteiger partial charge >= 0.3 is 6.16 Å². The Balaban J connectivity index is 2.13. The Hall–Kier alpha value is -2.37. The SMILES string of the molecule is CC1CCn2nc(-c3ccc(F)cc3)c(OC(=O)O)c21. The van der Waals surface area contributed by atoms with E-state index in [9.17, 15) is 9.18 Å². The van der Waals surface area contributed by atoms with Crippen molar-refractivity contribution >= 4 is 6.16 Å². The van der Waals surface area contributed by atoms with Gasteiger partial charge in [-0.05, 0) is 30.7 Å². The van der Waals surface area contributed by atoms with Gasteiger partial charge in [0.1, 0.15) is 11.5 Å². The third-order valence-electron chi connectivity index (χ3n) is 3.49. The molecule has 20 heavy (non-hydrogen) atoms. The van der Waals surface area contributed by atoms with Crippen LogP contribution in [0.3, 0.4) is 0 Å². The summed E-state index contributed by atoms with van der Waals surface area (Å²) in [5, 5.41) is 13.3. The van der Waals surface area contributed by atoms with Gasteiger partial charge in [0.2, 0.25) is 0 Å². The summed E-state index contributed by atoms with van der Waals surface area (Å²) in [4.78, 5) is 10.9. The number of ether oxygens (including phenoxy) is 1. The Morgan fingerprint density at radius 1 is 1.45 bits per heavy atom. The number of carboxylic acid groups (broad SMARTS) is 1. The predicted octanol–water partition coefficient (Wildman–Crippen LogP) is 3.25. The minimum Gasteiger partial charge on any atom is -0.449 e. The fourth-order valence-electron chi connectivity index (χ4n) is 2.54.